The molecule has 0 aliphatic rings. The van der Waals surface area contributed by atoms with E-state index in [2.05, 4.69) is 4.65 Å². The van der Waals surface area contributed by atoms with E-state index in [9.17, 15) is 4.79 Å². The minimum Gasteiger partial charge on any atom is -0.542 e. The molecule has 0 radical (unpaired) electrons. The van der Waals surface area contributed by atoms with Gasteiger partial charge >= 0.3 is 14.0 Å². The molecule has 1 atom stereocenters. The zero-order valence-corrected chi connectivity index (χ0v) is 6.97. The molecule has 3 nitrogen and oxygen atoms in total. The fourth-order valence-electron chi connectivity index (χ4n) is 0.481. The van der Waals surface area contributed by atoms with Gasteiger partial charge in [0, 0.05) is 0 Å². The van der Waals surface area contributed by atoms with Crippen molar-refractivity contribution in [1.29, 1.82) is 0 Å². The third kappa shape index (κ3) is 2.39. The molecule has 0 aromatic rings. The van der Waals surface area contributed by atoms with Gasteiger partial charge in [0.2, 0.25) is 0 Å². The first-order chi connectivity index (χ1) is 4.39. The van der Waals surface area contributed by atoms with Gasteiger partial charge in [-0.25, -0.2) is 0 Å². The van der Waals surface area contributed by atoms with Gasteiger partial charge in [-0.1, -0.05) is 20.8 Å². The Hall–Kier alpha value is -0.505. The normalized spacial score (nSPS) is 14.4. The van der Waals surface area contributed by atoms with Crippen molar-refractivity contribution in [3.05, 3.63) is 0 Å². The SMILES string of the molecule is BOC(=O)C(N)C(C)(C)C. The molecule has 0 rings (SSSR count). The van der Waals surface area contributed by atoms with E-state index in [-0.39, 0.29) is 11.4 Å². The molecular formula is C6H14BNO2. The molecule has 0 aromatic heterocycles. The molecule has 0 aliphatic heterocycles. The summed E-state index contributed by atoms with van der Waals surface area (Å²) in [5.74, 6) is -0.354. The Kier molecular flexibility index (Phi) is 2.90. The average Bonchev–Trinajstić information content (AvgIpc) is 1.83. The van der Waals surface area contributed by atoms with Crippen LogP contribution in [-0.2, 0) is 9.45 Å². The second-order valence-electron chi connectivity index (χ2n) is 3.37. The summed E-state index contributed by atoms with van der Waals surface area (Å²) in [6, 6.07) is -0.530. The van der Waals surface area contributed by atoms with Crippen molar-refractivity contribution in [1.82, 2.24) is 0 Å². The molecule has 0 aromatic carbocycles. The Bertz CT molecular complexity index is 130. The lowest BCUT2D eigenvalue weighted by Gasteiger charge is -2.24. The molecule has 0 aliphatic carbocycles. The van der Waals surface area contributed by atoms with Gasteiger partial charge in [0.1, 0.15) is 6.04 Å². The fourth-order valence-corrected chi connectivity index (χ4v) is 0.481. The molecule has 0 heterocycles. The third-order valence-electron chi connectivity index (χ3n) is 1.39. The highest BCUT2D eigenvalue weighted by atomic mass is 16.5. The van der Waals surface area contributed by atoms with Gasteiger partial charge < -0.3 is 10.4 Å². The van der Waals surface area contributed by atoms with Crippen LogP contribution in [0, 0.1) is 5.41 Å². The van der Waals surface area contributed by atoms with E-state index in [0.717, 1.165) is 0 Å². The average molecular weight is 143 g/mol. The molecule has 1 unspecified atom stereocenters. The first-order valence-corrected chi connectivity index (χ1v) is 3.23. The highest BCUT2D eigenvalue weighted by Gasteiger charge is 2.27. The van der Waals surface area contributed by atoms with Gasteiger partial charge in [-0.05, 0) is 5.41 Å². The van der Waals surface area contributed by atoms with Gasteiger partial charge in [-0.15, -0.1) is 0 Å². The predicted molar refractivity (Wildman–Crippen MR) is 42.1 cm³/mol. The van der Waals surface area contributed by atoms with E-state index >= 15 is 0 Å². The van der Waals surface area contributed by atoms with Crippen molar-refractivity contribution in [2.45, 2.75) is 26.8 Å². The summed E-state index contributed by atoms with van der Waals surface area (Å²) in [7, 11) is 1.34. The van der Waals surface area contributed by atoms with Crippen LogP contribution in [0.1, 0.15) is 20.8 Å². The maximum Gasteiger partial charge on any atom is 0.326 e. The van der Waals surface area contributed by atoms with Crippen LogP contribution in [0.3, 0.4) is 0 Å². The van der Waals surface area contributed by atoms with Crippen molar-refractivity contribution in [2.24, 2.45) is 11.1 Å². The number of hydrogen-bond donors (Lipinski definition) is 1. The zero-order valence-electron chi connectivity index (χ0n) is 6.97. The van der Waals surface area contributed by atoms with Crippen LogP contribution in [0.5, 0.6) is 0 Å². The van der Waals surface area contributed by atoms with E-state index in [1.54, 1.807) is 0 Å². The van der Waals surface area contributed by atoms with E-state index in [4.69, 9.17) is 5.73 Å². The van der Waals surface area contributed by atoms with Gasteiger partial charge in [0.05, 0.1) is 0 Å². The zero-order chi connectivity index (χ0) is 8.36. The molecule has 0 saturated carbocycles. The summed E-state index contributed by atoms with van der Waals surface area (Å²) >= 11 is 0. The van der Waals surface area contributed by atoms with E-state index < -0.39 is 6.04 Å². The van der Waals surface area contributed by atoms with Crippen LogP contribution in [0.25, 0.3) is 0 Å². The number of carbonyl (C=O) groups is 1. The number of nitrogens with two attached hydrogens (primary N) is 1. The minimum atomic E-state index is -0.530. The Morgan fingerprint density at radius 3 is 2.10 bits per heavy atom. The molecule has 0 fully saturated rings. The topological polar surface area (TPSA) is 52.3 Å². The second kappa shape index (κ2) is 3.06. The Morgan fingerprint density at radius 1 is 1.60 bits per heavy atom. The van der Waals surface area contributed by atoms with Crippen molar-refractivity contribution < 1.29 is 9.45 Å². The summed E-state index contributed by atoms with van der Waals surface area (Å²) < 4.78 is 4.47. The maximum atomic E-state index is 10.8. The Balaban J connectivity index is 4.08. The van der Waals surface area contributed by atoms with Crippen LogP contribution in [0.4, 0.5) is 0 Å². The summed E-state index contributed by atoms with van der Waals surface area (Å²) in [5, 5.41) is 0. The summed E-state index contributed by atoms with van der Waals surface area (Å²) in [6.07, 6.45) is 0. The van der Waals surface area contributed by atoms with Crippen LogP contribution in [0.15, 0.2) is 0 Å². The lowest BCUT2D eigenvalue weighted by atomic mass is 9.87. The van der Waals surface area contributed by atoms with Gasteiger partial charge in [-0.2, -0.15) is 0 Å². The van der Waals surface area contributed by atoms with E-state index in [1.807, 2.05) is 20.8 Å². The van der Waals surface area contributed by atoms with Crippen molar-refractivity contribution in [2.75, 3.05) is 0 Å². The van der Waals surface area contributed by atoms with Gasteiger partial charge in [0.15, 0.2) is 0 Å². The molecule has 0 bridgehead atoms. The van der Waals surface area contributed by atoms with Crippen molar-refractivity contribution in [3.63, 3.8) is 0 Å². The summed E-state index contributed by atoms with van der Waals surface area (Å²) in [6.45, 7) is 5.69. The Morgan fingerprint density at radius 2 is 2.00 bits per heavy atom. The van der Waals surface area contributed by atoms with Crippen LogP contribution >= 0.6 is 0 Å². The van der Waals surface area contributed by atoms with Crippen molar-refractivity contribution >= 4 is 14.0 Å². The molecule has 58 valence electrons. The lowest BCUT2D eigenvalue weighted by molar-refractivity contribution is -0.137. The van der Waals surface area contributed by atoms with Gasteiger partial charge in [0.25, 0.3) is 0 Å². The molecule has 0 spiro atoms. The third-order valence-corrected chi connectivity index (χ3v) is 1.39. The quantitative estimate of drug-likeness (QED) is 0.501. The van der Waals surface area contributed by atoms with E-state index in [1.165, 1.54) is 8.05 Å². The standard InChI is InChI=1S/C6H14BNO2/c1-6(2,3)4(8)5(9)10-7/h4H,7-8H2,1-3H3. The molecule has 0 amide bonds. The van der Waals surface area contributed by atoms with Crippen LogP contribution in [0.2, 0.25) is 0 Å². The Labute approximate surface area is 62.4 Å². The fraction of sp³-hybridized carbons (Fsp3) is 0.833. The van der Waals surface area contributed by atoms with E-state index in [0.29, 0.717) is 0 Å². The largest absolute Gasteiger partial charge is 0.542 e. The van der Waals surface area contributed by atoms with Crippen molar-refractivity contribution in [3.8, 4) is 0 Å². The highest BCUT2D eigenvalue weighted by molar-refractivity contribution is 6.06. The van der Waals surface area contributed by atoms with Gasteiger partial charge in [-0.3, -0.25) is 4.79 Å². The van der Waals surface area contributed by atoms with Crippen LogP contribution < -0.4 is 5.73 Å². The molecule has 10 heavy (non-hydrogen) atoms. The maximum absolute atomic E-state index is 10.8. The lowest BCUT2D eigenvalue weighted by Crippen LogP contribution is -2.43. The first kappa shape index (κ1) is 9.49. The minimum absolute atomic E-state index is 0.215. The first-order valence-electron chi connectivity index (χ1n) is 3.23. The molecule has 0 saturated heterocycles. The second-order valence-corrected chi connectivity index (χ2v) is 3.37. The number of rotatable bonds is 1. The summed E-state index contributed by atoms with van der Waals surface area (Å²) in [4.78, 5) is 10.8. The number of hydrogen-bond acceptors (Lipinski definition) is 3. The molecular weight excluding hydrogens is 129 g/mol. The summed E-state index contributed by atoms with van der Waals surface area (Å²) in [5.41, 5.74) is 5.32. The monoisotopic (exact) mass is 143 g/mol. The molecule has 2 N–H and O–H groups in total. The smallest absolute Gasteiger partial charge is 0.326 e. The predicted octanol–water partition coefficient (Wildman–Crippen LogP) is -0.549. The molecule has 4 heteroatoms. The number of carbonyl (C=O) groups excluding carboxylic acids is 1. The van der Waals surface area contributed by atoms with Crippen LogP contribution in [-0.4, -0.2) is 20.1 Å². The highest BCUT2D eigenvalue weighted by Crippen LogP contribution is 2.17.